The van der Waals surface area contributed by atoms with Crippen molar-refractivity contribution in [3.05, 3.63) is 59.7 Å². The summed E-state index contributed by atoms with van der Waals surface area (Å²) in [5, 5.41) is 2.69. The third-order valence-electron chi connectivity index (χ3n) is 5.21. The number of hydrogen-bond acceptors (Lipinski definition) is 5. The quantitative estimate of drug-likeness (QED) is 0.711. The Hall–Kier alpha value is -2.71. The summed E-state index contributed by atoms with van der Waals surface area (Å²) in [4.78, 5) is 24.9. The van der Waals surface area contributed by atoms with E-state index in [1.807, 2.05) is 26.0 Å². The van der Waals surface area contributed by atoms with Gasteiger partial charge in [-0.3, -0.25) is 9.59 Å². The number of rotatable bonds is 6. The second kappa shape index (κ2) is 9.40. The van der Waals surface area contributed by atoms with E-state index in [4.69, 9.17) is 4.74 Å². The third-order valence-corrected chi connectivity index (χ3v) is 7.13. The molecule has 30 heavy (non-hydrogen) atoms. The highest BCUT2D eigenvalue weighted by Crippen LogP contribution is 2.26. The highest BCUT2D eigenvalue weighted by molar-refractivity contribution is 7.89. The number of aryl methyl sites for hydroxylation is 2. The van der Waals surface area contributed by atoms with Gasteiger partial charge in [0.2, 0.25) is 10.0 Å². The summed E-state index contributed by atoms with van der Waals surface area (Å²) in [6.45, 7) is 3.69. The molecule has 1 fully saturated rings. The van der Waals surface area contributed by atoms with Crippen LogP contribution in [0.25, 0.3) is 0 Å². The number of hydrogen-bond donors (Lipinski definition) is 1. The minimum Gasteiger partial charge on any atom is -0.454 e. The van der Waals surface area contributed by atoms with Crippen LogP contribution >= 0.6 is 0 Å². The first-order valence-electron chi connectivity index (χ1n) is 9.89. The van der Waals surface area contributed by atoms with Gasteiger partial charge in [0, 0.05) is 12.2 Å². The molecule has 0 radical (unpaired) electrons. The van der Waals surface area contributed by atoms with Gasteiger partial charge >= 0.3 is 5.97 Å². The molecule has 1 unspecified atom stereocenters. The summed E-state index contributed by atoms with van der Waals surface area (Å²) >= 11 is 0. The summed E-state index contributed by atoms with van der Waals surface area (Å²) in [5.41, 5.74) is 2.76. The van der Waals surface area contributed by atoms with Gasteiger partial charge in [0.1, 0.15) is 6.04 Å². The van der Waals surface area contributed by atoms with Crippen LogP contribution in [0.15, 0.2) is 53.4 Å². The lowest BCUT2D eigenvalue weighted by molar-refractivity contribution is -0.152. The van der Waals surface area contributed by atoms with Crippen molar-refractivity contribution in [2.24, 2.45) is 0 Å². The number of anilines is 1. The highest BCUT2D eigenvalue weighted by Gasteiger charge is 2.38. The monoisotopic (exact) mass is 430 g/mol. The smallest absolute Gasteiger partial charge is 0.324 e. The van der Waals surface area contributed by atoms with Gasteiger partial charge < -0.3 is 10.1 Å². The predicted molar refractivity (Wildman–Crippen MR) is 113 cm³/mol. The van der Waals surface area contributed by atoms with Crippen LogP contribution in [0.3, 0.4) is 0 Å². The molecular weight excluding hydrogens is 404 g/mol. The molecule has 1 N–H and O–H groups in total. The van der Waals surface area contributed by atoms with E-state index >= 15 is 0 Å². The summed E-state index contributed by atoms with van der Waals surface area (Å²) in [7, 11) is -3.82. The molecule has 1 saturated heterocycles. The first-order valence-corrected chi connectivity index (χ1v) is 11.3. The lowest BCUT2D eigenvalue weighted by atomic mass is 10.1. The Kier molecular flexibility index (Phi) is 6.89. The minimum atomic E-state index is -3.82. The summed E-state index contributed by atoms with van der Waals surface area (Å²) in [6.07, 6.45) is 1.75. The van der Waals surface area contributed by atoms with Crippen molar-refractivity contribution in [1.29, 1.82) is 0 Å². The molecule has 0 aromatic heterocycles. The van der Waals surface area contributed by atoms with Crippen molar-refractivity contribution in [3.63, 3.8) is 0 Å². The van der Waals surface area contributed by atoms with E-state index in [1.165, 1.54) is 16.4 Å². The zero-order valence-electron chi connectivity index (χ0n) is 17.1. The molecule has 1 aliphatic rings. The molecule has 1 aliphatic heterocycles. The van der Waals surface area contributed by atoms with E-state index < -0.39 is 34.5 Å². The summed E-state index contributed by atoms with van der Waals surface area (Å²) < 4.78 is 32.3. The van der Waals surface area contributed by atoms with Gasteiger partial charge in [-0.05, 0) is 68.5 Å². The lowest BCUT2D eigenvalue weighted by Gasteiger charge is -2.32. The average molecular weight is 431 g/mol. The number of benzene rings is 2. The number of nitrogens with zero attached hydrogens (tertiary/aromatic N) is 1. The second-order valence-electron chi connectivity index (χ2n) is 7.40. The maximum absolute atomic E-state index is 13.0. The van der Waals surface area contributed by atoms with Crippen LogP contribution in [0.5, 0.6) is 0 Å². The number of carbonyl (C=O) groups excluding carboxylic acids is 2. The van der Waals surface area contributed by atoms with Crippen LogP contribution in [0.2, 0.25) is 0 Å². The van der Waals surface area contributed by atoms with Gasteiger partial charge in [0.25, 0.3) is 5.91 Å². The Bertz CT molecular complexity index is 1020. The van der Waals surface area contributed by atoms with Crippen LogP contribution < -0.4 is 5.32 Å². The standard InChI is InChI=1S/C22H26N2O5S/c1-16-11-12-18(14-17(16)2)23-21(25)15-29-22(26)20-10-6-7-13-24(20)30(27,28)19-8-4-3-5-9-19/h3-5,8-9,11-12,14,20H,6-7,10,13,15H2,1-2H3,(H,23,25). The van der Waals surface area contributed by atoms with Crippen molar-refractivity contribution in [3.8, 4) is 0 Å². The first-order chi connectivity index (χ1) is 14.3. The number of ether oxygens (including phenoxy) is 1. The lowest BCUT2D eigenvalue weighted by Crippen LogP contribution is -2.48. The molecule has 3 rings (SSSR count). The van der Waals surface area contributed by atoms with Crippen molar-refractivity contribution >= 4 is 27.6 Å². The normalized spacial score (nSPS) is 17.3. The van der Waals surface area contributed by atoms with Crippen molar-refractivity contribution in [2.45, 2.75) is 44.0 Å². The molecule has 7 nitrogen and oxygen atoms in total. The Morgan fingerprint density at radius 3 is 2.50 bits per heavy atom. The maximum Gasteiger partial charge on any atom is 0.324 e. The fourth-order valence-electron chi connectivity index (χ4n) is 3.41. The zero-order chi connectivity index (χ0) is 21.7. The second-order valence-corrected chi connectivity index (χ2v) is 9.29. The predicted octanol–water partition coefficient (Wildman–Crippen LogP) is 3.03. The Balaban J connectivity index is 1.64. The van der Waals surface area contributed by atoms with Gasteiger partial charge in [-0.15, -0.1) is 0 Å². The van der Waals surface area contributed by atoms with Crippen LogP contribution in [0.1, 0.15) is 30.4 Å². The Morgan fingerprint density at radius 2 is 1.80 bits per heavy atom. The fraction of sp³-hybridized carbons (Fsp3) is 0.364. The Morgan fingerprint density at radius 1 is 1.07 bits per heavy atom. The molecule has 2 aromatic rings. The van der Waals surface area contributed by atoms with E-state index in [1.54, 1.807) is 24.3 Å². The van der Waals surface area contributed by atoms with Crippen molar-refractivity contribution < 1.29 is 22.7 Å². The molecular formula is C22H26N2O5S. The van der Waals surface area contributed by atoms with Crippen molar-refractivity contribution in [1.82, 2.24) is 4.31 Å². The zero-order valence-corrected chi connectivity index (χ0v) is 17.9. The number of amides is 1. The SMILES string of the molecule is Cc1ccc(NC(=O)COC(=O)C2CCCCN2S(=O)(=O)c2ccccc2)cc1C. The number of esters is 1. The van der Waals surface area contributed by atoms with Gasteiger partial charge in [-0.1, -0.05) is 24.3 Å². The molecule has 160 valence electrons. The highest BCUT2D eigenvalue weighted by atomic mass is 32.2. The topological polar surface area (TPSA) is 92.8 Å². The van der Waals surface area contributed by atoms with Crippen LogP contribution in [-0.4, -0.2) is 43.8 Å². The molecule has 8 heteroatoms. The number of piperidine rings is 1. The fourth-order valence-corrected chi connectivity index (χ4v) is 5.07. The number of carbonyl (C=O) groups is 2. The molecule has 2 aromatic carbocycles. The van der Waals surface area contributed by atoms with E-state index in [9.17, 15) is 18.0 Å². The van der Waals surface area contributed by atoms with Gasteiger partial charge in [0.15, 0.2) is 6.61 Å². The number of nitrogens with one attached hydrogen (secondary N) is 1. The summed E-state index contributed by atoms with van der Waals surface area (Å²) in [5.74, 6) is -1.18. The maximum atomic E-state index is 13.0. The van der Waals surface area contributed by atoms with Gasteiger partial charge in [0.05, 0.1) is 4.90 Å². The largest absolute Gasteiger partial charge is 0.454 e. The van der Waals surface area contributed by atoms with Crippen LogP contribution in [-0.2, 0) is 24.3 Å². The van der Waals surface area contributed by atoms with E-state index in [-0.39, 0.29) is 11.4 Å². The van der Waals surface area contributed by atoms with E-state index in [0.717, 1.165) is 17.5 Å². The molecule has 0 aliphatic carbocycles. The summed E-state index contributed by atoms with van der Waals surface area (Å²) in [6, 6.07) is 12.6. The first kappa shape index (κ1) is 22.0. The molecule has 1 amide bonds. The molecule has 0 saturated carbocycles. The minimum absolute atomic E-state index is 0.136. The van der Waals surface area contributed by atoms with Gasteiger partial charge in [-0.25, -0.2) is 8.42 Å². The van der Waals surface area contributed by atoms with E-state index in [0.29, 0.717) is 18.5 Å². The van der Waals surface area contributed by atoms with Crippen LogP contribution in [0.4, 0.5) is 5.69 Å². The van der Waals surface area contributed by atoms with Gasteiger partial charge in [-0.2, -0.15) is 4.31 Å². The average Bonchev–Trinajstić information content (AvgIpc) is 2.75. The third kappa shape index (κ3) is 5.06. The molecule has 1 heterocycles. The molecule has 0 bridgehead atoms. The Labute approximate surface area is 177 Å². The van der Waals surface area contributed by atoms with Crippen LogP contribution in [0, 0.1) is 13.8 Å². The van der Waals surface area contributed by atoms with E-state index in [2.05, 4.69) is 5.32 Å². The molecule has 1 atom stereocenters. The number of sulfonamides is 1. The molecule has 0 spiro atoms. The van der Waals surface area contributed by atoms with Crippen molar-refractivity contribution in [2.75, 3.05) is 18.5 Å².